The highest BCUT2D eigenvalue weighted by Gasteiger charge is 2.15. The number of amides is 1. The number of furan rings is 1. The van der Waals surface area contributed by atoms with E-state index in [1.807, 2.05) is 18.2 Å². The lowest BCUT2D eigenvalue weighted by Crippen LogP contribution is -2.17. The van der Waals surface area contributed by atoms with Gasteiger partial charge in [0.1, 0.15) is 11.5 Å². The SMILES string of the molecule is O=C(N/N=C/c1ccc(-c2ccc(Cl)cc2)o1)c1ccc2c(c1)OCO2. The van der Waals surface area contributed by atoms with Crippen LogP contribution in [0.2, 0.25) is 5.02 Å². The molecule has 0 saturated carbocycles. The van der Waals surface area contributed by atoms with Crippen molar-refractivity contribution in [3.63, 3.8) is 0 Å². The molecule has 1 aromatic heterocycles. The van der Waals surface area contributed by atoms with E-state index >= 15 is 0 Å². The van der Waals surface area contributed by atoms with Gasteiger partial charge in [-0.15, -0.1) is 0 Å². The molecule has 0 aliphatic carbocycles. The number of nitrogens with zero attached hydrogens (tertiary/aromatic N) is 1. The third kappa shape index (κ3) is 3.41. The number of benzene rings is 2. The zero-order valence-electron chi connectivity index (χ0n) is 13.4. The van der Waals surface area contributed by atoms with Gasteiger partial charge in [-0.2, -0.15) is 5.10 Å². The number of ether oxygens (including phenoxy) is 2. The van der Waals surface area contributed by atoms with Crippen molar-refractivity contribution in [1.82, 2.24) is 5.43 Å². The zero-order chi connectivity index (χ0) is 17.9. The van der Waals surface area contributed by atoms with Crippen LogP contribution in [0.25, 0.3) is 11.3 Å². The maximum absolute atomic E-state index is 12.1. The lowest BCUT2D eigenvalue weighted by Gasteiger charge is -2.01. The summed E-state index contributed by atoms with van der Waals surface area (Å²) in [6.45, 7) is 0.160. The van der Waals surface area contributed by atoms with Crippen molar-refractivity contribution in [2.45, 2.75) is 0 Å². The highest BCUT2D eigenvalue weighted by atomic mass is 35.5. The fourth-order valence-corrected chi connectivity index (χ4v) is 2.57. The van der Waals surface area contributed by atoms with Crippen molar-refractivity contribution >= 4 is 23.7 Å². The summed E-state index contributed by atoms with van der Waals surface area (Å²) < 4.78 is 16.1. The first kappa shape index (κ1) is 16.2. The second-order valence-electron chi connectivity index (χ2n) is 5.48. The largest absolute Gasteiger partial charge is 0.455 e. The van der Waals surface area contributed by atoms with E-state index in [0.29, 0.717) is 33.6 Å². The fourth-order valence-electron chi connectivity index (χ4n) is 2.45. The van der Waals surface area contributed by atoms with Crippen LogP contribution in [-0.2, 0) is 0 Å². The molecule has 3 aromatic rings. The van der Waals surface area contributed by atoms with Gasteiger partial charge in [0, 0.05) is 16.1 Å². The summed E-state index contributed by atoms with van der Waals surface area (Å²) in [5, 5.41) is 4.58. The van der Waals surface area contributed by atoms with Crippen LogP contribution in [0, 0.1) is 0 Å². The lowest BCUT2D eigenvalue weighted by atomic mass is 10.2. The van der Waals surface area contributed by atoms with E-state index in [1.165, 1.54) is 6.21 Å². The van der Waals surface area contributed by atoms with Crippen LogP contribution < -0.4 is 14.9 Å². The third-order valence-electron chi connectivity index (χ3n) is 3.75. The second-order valence-corrected chi connectivity index (χ2v) is 5.91. The maximum atomic E-state index is 12.1. The predicted molar refractivity (Wildman–Crippen MR) is 96.8 cm³/mol. The molecule has 1 aliphatic rings. The quantitative estimate of drug-likeness (QED) is 0.556. The van der Waals surface area contributed by atoms with Gasteiger partial charge in [0.15, 0.2) is 11.5 Å². The minimum atomic E-state index is -0.357. The van der Waals surface area contributed by atoms with Gasteiger partial charge < -0.3 is 13.9 Å². The highest BCUT2D eigenvalue weighted by molar-refractivity contribution is 6.30. The van der Waals surface area contributed by atoms with E-state index in [1.54, 1.807) is 36.4 Å². The molecular formula is C19H13ClN2O4. The van der Waals surface area contributed by atoms with E-state index in [4.69, 9.17) is 25.5 Å². The highest BCUT2D eigenvalue weighted by Crippen LogP contribution is 2.32. The Balaban J connectivity index is 1.41. The molecule has 26 heavy (non-hydrogen) atoms. The first-order chi connectivity index (χ1) is 12.7. The topological polar surface area (TPSA) is 73.1 Å². The summed E-state index contributed by atoms with van der Waals surface area (Å²) in [4.78, 5) is 12.1. The van der Waals surface area contributed by atoms with Gasteiger partial charge >= 0.3 is 0 Å². The molecule has 0 spiro atoms. The van der Waals surface area contributed by atoms with Crippen LogP contribution in [0.4, 0.5) is 0 Å². The molecule has 0 bridgehead atoms. The molecule has 1 amide bonds. The first-order valence-electron chi connectivity index (χ1n) is 7.78. The van der Waals surface area contributed by atoms with Crippen LogP contribution in [0.15, 0.2) is 64.1 Å². The lowest BCUT2D eigenvalue weighted by molar-refractivity contribution is 0.0954. The van der Waals surface area contributed by atoms with E-state index in [0.717, 1.165) is 5.56 Å². The van der Waals surface area contributed by atoms with Crippen molar-refractivity contribution in [3.05, 3.63) is 70.9 Å². The van der Waals surface area contributed by atoms with E-state index in [2.05, 4.69) is 10.5 Å². The fraction of sp³-hybridized carbons (Fsp3) is 0.0526. The number of carbonyl (C=O) groups is 1. The molecule has 7 heteroatoms. The van der Waals surface area contributed by atoms with Crippen molar-refractivity contribution in [2.24, 2.45) is 5.10 Å². The molecule has 0 unspecified atom stereocenters. The normalized spacial score (nSPS) is 12.5. The van der Waals surface area contributed by atoms with Crippen molar-refractivity contribution in [2.75, 3.05) is 6.79 Å². The molecule has 2 aromatic carbocycles. The summed E-state index contributed by atoms with van der Waals surface area (Å²) >= 11 is 5.88. The van der Waals surface area contributed by atoms with Gasteiger partial charge in [0.25, 0.3) is 5.91 Å². The standard InChI is InChI=1S/C19H13ClN2O4/c20-14-4-1-12(2-5-14)16-8-6-15(26-16)10-21-22-19(23)13-3-7-17-18(9-13)25-11-24-17/h1-10H,11H2,(H,22,23)/b21-10+. The second kappa shape index (κ2) is 6.93. The number of halogens is 1. The van der Waals surface area contributed by atoms with Crippen LogP contribution in [-0.4, -0.2) is 18.9 Å². The van der Waals surface area contributed by atoms with Gasteiger partial charge in [-0.3, -0.25) is 4.79 Å². The van der Waals surface area contributed by atoms with E-state index in [-0.39, 0.29) is 12.7 Å². The molecule has 130 valence electrons. The molecule has 0 atom stereocenters. The van der Waals surface area contributed by atoms with E-state index < -0.39 is 0 Å². The average Bonchev–Trinajstić information content (AvgIpc) is 3.31. The van der Waals surface area contributed by atoms with Gasteiger partial charge in [-0.25, -0.2) is 5.43 Å². The van der Waals surface area contributed by atoms with Crippen molar-refractivity contribution in [3.8, 4) is 22.8 Å². The number of hydrogen-bond acceptors (Lipinski definition) is 5. The molecule has 0 radical (unpaired) electrons. The number of hydrazone groups is 1. The van der Waals surface area contributed by atoms with Gasteiger partial charge in [0.05, 0.1) is 6.21 Å². The molecule has 0 saturated heterocycles. The Bertz CT molecular complexity index is 979. The number of rotatable bonds is 4. The summed E-state index contributed by atoms with van der Waals surface area (Å²) in [7, 11) is 0. The average molecular weight is 369 g/mol. The molecule has 1 aliphatic heterocycles. The van der Waals surface area contributed by atoms with Gasteiger partial charge in [-0.1, -0.05) is 11.6 Å². The Morgan fingerprint density at radius 2 is 1.85 bits per heavy atom. The minimum absolute atomic E-state index is 0.160. The number of carbonyl (C=O) groups excluding carboxylic acids is 1. The zero-order valence-corrected chi connectivity index (χ0v) is 14.2. The molecule has 2 heterocycles. The predicted octanol–water partition coefficient (Wildman–Crippen LogP) is 4.09. The molecular weight excluding hydrogens is 356 g/mol. The summed E-state index contributed by atoms with van der Waals surface area (Å²) in [5.41, 5.74) is 3.78. The maximum Gasteiger partial charge on any atom is 0.271 e. The summed E-state index contributed by atoms with van der Waals surface area (Å²) in [6, 6.07) is 15.8. The smallest absolute Gasteiger partial charge is 0.271 e. The van der Waals surface area contributed by atoms with Crippen LogP contribution in [0.1, 0.15) is 16.1 Å². The Kier molecular flexibility index (Phi) is 4.33. The summed E-state index contributed by atoms with van der Waals surface area (Å²) in [5.74, 6) is 2.01. The third-order valence-corrected chi connectivity index (χ3v) is 4.00. The first-order valence-corrected chi connectivity index (χ1v) is 8.16. The van der Waals surface area contributed by atoms with Crippen LogP contribution in [0.5, 0.6) is 11.5 Å². The van der Waals surface area contributed by atoms with Crippen molar-refractivity contribution < 1.29 is 18.7 Å². The number of fused-ring (bicyclic) bond motifs is 1. The number of hydrogen-bond donors (Lipinski definition) is 1. The van der Waals surface area contributed by atoms with Gasteiger partial charge in [-0.05, 0) is 54.6 Å². The molecule has 1 N–H and O–H groups in total. The van der Waals surface area contributed by atoms with Crippen LogP contribution >= 0.6 is 11.6 Å². The molecule has 4 rings (SSSR count). The van der Waals surface area contributed by atoms with Gasteiger partial charge in [0.2, 0.25) is 6.79 Å². The Morgan fingerprint density at radius 1 is 1.04 bits per heavy atom. The number of nitrogens with one attached hydrogen (secondary N) is 1. The molecule has 6 nitrogen and oxygen atoms in total. The Hall–Kier alpha value is -3.25. The minimum Gasteiger partial charge on any atom is -0.455 e. The van der Waals surface area contributed by atoms with E-state index in [9.17, 15) is 4.79 Å². The van der Waals surface area contributed by atoms with Crippen molar-refractivity contribution in [1.29, 1.82) is 0 Å². The monoisotopic (exact) mass is 368 g/mol. The van der Waals surface area contributed by atoms with Crippen LogP contribution in [0.3, 0.4) is 0 Å². The Morgan fingerprint density at radius 3 is 2.69 bits per heavy atom. The summed E-state index contributed by atoms with van der Waals surface area (Å²) in [6.07, 6.45) is 1.43. The molecule has 0 fully saturated rings. The Labute approximate surface area is 154 Å².